The molecule has 162 valence electrons. The Morgan fingerprint density at radius 2 is 0.735 bits per heavy atom. The van der Waals surface area contributed by atoms with Crippen molar-refractivity contribution < 1.29 is 0 Å². The van der Waals surface area contributed by atoms with Crippen LogP contribution in [0.5, 0.6) is 0 Å². The van der Waals surface area contributed by atoms with Gasteiger partial charge in [0, 0.05) is 33.0 Å². The van der Waals surface area contributed by atoms with E-state index in [2.05, 4.69) is 99.9 Å². The van der Waals surface area contributed by atoms with Gasteiger partial charge in [-0.2, -0.15) is 0 Å². The highest BCUT2D eigenvalue weighted by Gasteiger charge is 2.18. The van der Waals surface area contributed by atoms with Crippen LogP contribution in [0.1, 0.15) is 44.5 Å². The van der Waals surface area contributed by atoms with Crippen LogP contribution >= 0.6 is 0 Å². The molecule has 0 fully saturated rings. The van der Waals surface area contributed by atoms with Gasteiger partial charge in [-0.1, -0.05) is 84.3 Å². The van der Waals surface area contributed by atoms with Gasteiger partial charge in [0.05, 0.1) is 0 Å². The predicted octanol–water partition coefficient (Wildman–Crippen LogP) is 8.03. The van der Waals surface area contributed by atoms with Gasteiger partial charge >= 0.3 is 0 Å². The van der Waals surface area contributed by atoms with Crippen LogP contribution in [0.25, 0.3) is 21.5 Å². The molecule has 5 aromatic carbocycles. The van der Waals surface area contributed by atoms with Crippen molar-refractivity contribution in [3.8, 4) is 23.7 Å². The molecular formula is C34H26. The fraction of sp³-hybridized carbons (Fsp3) is 0.118. The summed E-state index contributed by atoms with van der Waals surface area (Å²) in [5, 5.41) is 4.75. The Labute approximate surface area is 202 Å². The molecule has 34 heavy (non-hydrogen) atoms. The van der Waals surface area contributed by atoms with E-state index < -0.39 is 0 Å². The van der Waals surface area contributed by atoms with Gasteiger partial charge in [-0.3, -0.25) is 0 Å². The van der Waals surface area contributed by atoms with Gasteiger partial charge < -0.3 is 0 Å². The fourth-order valence-electron chi connectivity index (χ4n) is 4.70. The minimum absolute atomic E-state index is 1.02. The van der Waals surface area contributed by atoms with Crippen LogP contribution in [-0.2, 0) is 0 Å². The number of hydrogen-bond donors (Lipinski definition) is 0. The molecule has 0 bridgehead atoms. The smallest absolute Gasteiger partial charge is 0.0409 e. The lowest BCUT2D eigenvalue weighted by molar-refractivity contribution is 1.25. The zero-order valence-electron chi connectivity index (χ0n) is 20.1. The van der Waals surface area contributed by atoms with E-state index in [0.29, 0.717) is 0 Å². The molecular weight excluding hydrogens is 408 g/mol. The number of rotatable bonds is 0. The van der Waals surface area contributed by atoms with Gasteiger partial charge in [0.25, 0.3) is 0 Å². The van der Waals surface area contributed by atoms with Gasteiger partial charge in [-0.15, -0.1) is 0 Å². The first-order valence-corrected chi connectivity index (χ1v) is 11.6. The van der Waals surface area contributed by atoms with Gasteiger partial charge in [-0.25, -0.2) is 0 Å². The third kappa shape index (κ3) is 3.75. The Morgan fingerprint density at radius 3 is 1.12 bits per heavy atom. The molecule has 0 aliphatic heterocycles. The second kappa shape index (κ2) is 8.94. The third-order valence-electron chi connectivity index (χ3n) is 6.86. The summed E-state index contributed by atoms with van der Waals surface area (Å²) in [6.45, 7) is 8.88. The standard InChI is InChI=1S/C34H26/c1-23-24(2)26(4)34-32(22-20-28-15-9-6-10-16-28)30-18-12-11-17-29(30)31(33(34)25(23)3)21-19-27-13-7-5-8-14-27/h5-18H,1-4H3. The number of fused-ring (bicyclic) bond motifs is 2. The van der Waals surface area contributed by atoms with Crippen molar-refractivity contribution in [3.63, 3.8) is 0 Å². The van der Waals surface area contributed by atoms with E-state index in [0.717, 1.165) is 33.0 Å². The topological polar surface area (TPSA) is 0 Å². The van der Waals surface area contributed by atoms with Crippen molar-refractivity contribution in [3.05, 3.63) is 129 Å². The van der Waals surface area contributed by atoms with Gasteiger partial charge in [0.1, 0.15) is 0 Å². The number of aryl methyl sites for hydroxylation is 2. The Balaban J connectivity index is 1.94. The monoisotopic (exact) mass is 434 g/mol. The molecule has 0 nitrogen and oxygen atoms in total. The first kappa shape index (κ1) is 21.6. The van der Waals surface area contributed by atoms with E-state index in [1.54, 1.807) is 0 Å². The molecule has 0 amide bonds. The molecule has 0 saturated heterocycles. The maximum atomic E-state index is 3.56. The number of benzene rings is 5. The zero-order valence-corrected chi connectivity index (χ0v) is 20.1. The molecule has 0 spiro atoms. The lowest BCUT2D eigenvalue weighted by Crippen LogP contribution is -2.00. The van der Waals surface area contributed by atoms with Crippen LogP contribution in [-0.4, -0.2) is 0 Å². The summed E-state index contributed by atoms with van der Waals surface area (Å²) < 4.78 is 0. The van der Waals surface area contributed by atoms with E-state index in [9.17, 15) is 0 Å². The summed E-state index contributed by atoms with van der Waals surface area (Å²) in [5.74, 6) is 14.0. The predicted molar refractivity (Wildman–Crippen MR) is 145 cm³/mol. The Hall–Kier alpha value is -4.26. The highest BCUT2D eigenvalue weighted by molar-refractivity contribution is 6.12. The first-order chi connectivity index (χ1) is 16.6. The molecule has 0 N–H and O–H groups in total. The molecule has 0 aromatic heterocycles. The molecule has 0 heteroatoms. The average Bonchev–Trinajstić information content (AvgIpc) is 2.89. The largest absolute Gasteiger partial charge is 0.0622 e. The van der Waals surface area contributed by atoms with Crippen LogP contribution in [0.15, 0.2) is 84.9 Å². The van der Waals surface area contributed by atoms with Crippen LogP contribution in [0.2, 0.25) is 0 Å². The van der Waals surface area contributed by atoms with Gasteiger partial charge in [0.15, 0.2) is 0 Å². The Bertz CT molecular complexity index is 1540. The lowest BCUT2D eigenvalue weighted by atomic mass is 9.83. The normalized spacial score (nSPS) is 10.5. The highest BCUT2D eigenvalue weighted by Crippen LogP contribution is 2.38. The van der Waals surface area contributed by atoms with Crippen molar-refractivity contribution in [1.82, 2.24) is 0 Å². The summed E-state index contributed by atoms with van der Waals surface area (Å²) >= 11 is 0. The summed E-state index contributed by atoms with van der Waals surface area (Å²) in [6.07, 6.45) is 0. The maximum Gasteiger partial charge on any atom is 0.0409 e. The highest BCUT2D eigenvalue weighted by atomic mass is 14.2. The second-order valence-corrected chi connectivity index (χ2v) is 8.78. The van der Waals surface area contributed by atoms with Crippen molar-refractivity contribution in [2.45, 2.75) is 27.7 Å². The third-order valence-corrected chi connectivity index (χ3v) is 6.86. The quantitative estimate of drug-likeness (QED) is 0.171. The lowest BCUT2D eigenvalue weighted by Gasteiger charge is -2.19. The minimum Gasteiger partial charge on any atom is -0.0622 e. The molecule has 0 radical (unpaired) electrons. The van der Waals surface area contributed by atoms with E-state index >= 15 is 0 Å². The van der Waals surface area contributed by atoms with Crippen LogP contribution in [0.3, 0.4) is 0 Å². The average molecular weight is 435 g/mol. The minimum atomic E-state index is 1.02. The van der Waals surface area contributed by atoms with Crippen molar-refractivity contribution in [1.29, 1.82) is 0 Å². The fourth-order valence-corrected chi connectivity index (χ4v) is 4.70. The zero-order chi connectivity index (χ0) is 23.7. The van der Waals surface area contributed by atoms with E-state index in [1.807, 2.05) is 36.4 Å². The van der Waals surface area contributed by atoms with Crippen molar-refractivity contribution in [2.24, 2.45) is 0 Å². The summed E-state index contributed by atoms with van der Waals surface area (Å²) in [7, 11) is 0. The van der Waals surface area contributed by atoms with Crippen LogP contribution in [0, 0.1) is 51.4 Å². The van der Waals surface area contributed by atoms with Crippen LogP contribution < -0.4 is 0 Å². The summed E-state index contributed by atoms with van der Waals surface area (Å²) in [5.41, 5.74) is 9.42. The van der Waals surface area contributed by atoms with Crippen LogP contribution in [0.4, 0.5) is 0 Å². The summed E-state index contributed by atoms with van der Waals surface area (Å²) in [4.78, 5) is 0. The Morgan fingerprint density at radius 1 is 0.382 bits per heavy atom. The van der Waals surface area contributed by atoms with Crippen molar-refractivity contribution in [2.75, 3.05) is 0 Å². The SMILES string of the molecule is Cc1c(C)c(C)c2c(C#Cc3ccccc3)c3ccccc3c(C#Cc3ccccc3)c2c1C. The van der Waals surface area contributed by atoms with Gasteiger partial charge in [-0.05, 0) is 85.0 Å². The second-order valence-electron chi connectivity index (χ2n) is 8.78. The van der Waals surface area contributed by atoms with E-state index in [1.165, 1.54) is 33.0 Å². The van der Waals surface area contributed by atoms with Crippen molar-refractivity contribution >= 4 is 21.5 Å². The molecule has 5 aromatic rings. The first-order valence-electron chi connectivity index (χ1n) is 11.6. The molecule has 0 aliphatic rings. The molecule has 0 unspecified atom stereocenters. The molecule has 0 aliphatic carbocycles. The number of hydrogen-bond acceptors (Lipinski definition) is 0. The Kier molecular flexibility index (Phi) is 5.67. The summed E-state index contributed by atoms with van der Waals surface area (Å²) in [6, 6.07) is 29.0. The van der Waals surface area contributed by atoms with E-state index in [4.69, 9.17) is 0 Å². The maximum absolute atomic E-state index is 3.56. The van der Waals surface area contributed by atoms with Gasteiger partial charge in [0.2, 0.25) is 0 Å². The van der Waals surface area contributed by atoms with E-state index in [-0.39, 0.29) is 0 Å². The molecule has 5 rings (SSSR count). The molecule has 0 saturated carbocycles. The molecule has 0 heterocycles. The molecule has 0 atom stereocenters.